The van der Waals surface area contributed by atoms with Gasteiger partial charge < -0.3 is 15.0 Å². The molecular weight excluding hydrogens is 322 g/mol. The Morgan fingerprint density at radius 1 is 1.12 bits per heavy atom. The Morgan fingerprint density at radius 2 is 1.88 bits per heavy atom. The molecule has 2 aliphatic rings. The molecule has 2 aromatic rings. The van der Waals surface area contributed by atoms with Gasteiger partial charge in [-0.3, -0.25) is 9.36 Å². The fraction of sp³-hybridized carbons (Fsp3) is 0.500. The van der Waals surface area contributed by atoms with Crippen molar-refractivity contribution in [2.24, 2.45) is 0 Å². The molecule has 0 spiro atoms. The lowest BCUT2D eigenvalue weighted by Crippen LogP contribution is -2.40. The minimum Gasteiger partial charge on any atom is -0.480 e. The molecule has 0 bridgehead atoms. The van der Waals surface area contributed by atoms with E-state index < -0.39 is 12.0 Å². The van der Waals surface area contributed by atoms with E-state index in [1.165, 1.54) is 4.90 Å². The number of hydrogen-bond acceptors (Lipinski definition) is 3. The first-order chi connectivity index (χ1) is 12.1. The fourth-order valence-electron chi connectivity index (χ4n) is 4.22. The molecule has 1 amide bonds. The molecule has 7 nitrogen and oxygen atoms in total. The highest BCUT2D eigenvalue weighted by Gasteiger charge is 2.34. The summed E-state index contributed by atoms with van der Waals surface area (Å²) in [5.41, 5.74) is 1.72. The van der Waals surface area contributed by atoms with Gasteiger partial charge in [-0.15, -0.1) is 0 Å². The molecule has 1 aromatic carbocycles. The number of nitrogens with zero attached hydrogens (tertiary/aromatic N) is 2. The van der Waals surface area contributed by atoms with Gasteiger partial charge in [0, 0.05) is 18.2 Å². The number of nitrogens with one attached hydrogen (secondary N) is 1. The zero-order chi connectivity index (χ0) is 17.6. The van der Waals surface area contributed by atoms with Gasteiger partial charge in [-0.25, -0.2) is 9.59 Å². The van der Waals surface area contributed by atoms with E-state index in [0.717, 1.165) is 31.2 Å². The van der Waals surface area contributed by atoms with Crippen molar-refractivity contribution in [2.45, 2.75) is 50.6 Å². The number of aromatic nitrogens is 2. The molecule has 1 aromatic heterocycles. The molecule has 0 unspecified atom stereocenters. The molecule has 1 aliphatic carbocycles. The Kier molecular flexibility index (Phi) is 3.86. The largest absolute Gasteiger partial charge is 0.480 e. The van der Waals surface area contributed by atoms with Crippen LogP contribution in [-0.4, -0.2) is 44.0 Å². The first-order valence-electron chi connectivity index (χ1n) is 8.84. The van der Waals surface area contributed by atoms with Crippen LogP contribution in [0.2, 0.25) is 0 Å². The van der Waals surface area contributed by atoms with Gasteiger partial charge in [0.15, 0.2) is 0 Å². The summed E-state index contributed by atoms with van der Waals surface area (Å²) in [5.74, 6) is -1.26. The molecule has 2 fully saturated rings. The van der Waals surface area contributed by atoms with Gasteiger partial charge in [0.25, 0.3) is 5.91 Å². The van der Waals surface area contributed by atoms with E-state index in [0.29, 0.717) is 30.5 Å². The molecule has 25 heavy (non-hydrogen) atoms. The van der Waals surface area contributed by atoms with E-state index >= 15 is 0 Å². The number of carboxylic acid groups (broad SMARTS) is 1. The molecule has 2 heterocycles. The predicted molar refractivity (Wildman–Crippen MR) is 91.8 cm³/mol. The van der Waals surface area contributed by atoms with E-state index in [1.54, 1.807) is 22.8 Å². The molecule has 2 N–H and O–H groups in total. The quantitative estimate of drug-likeness (QED) is 0.892. The van der Waals surface area contributed by atoms with Crippen LogP contribution in [0.25, 0.3) is 11.0 Å². The summed E-state index contributed by atoms with van der Waals surface area (Å²) in [6.07, 6.45) is 5.44. The molecule has 1 saturated heterocycles. The van der Waals surface area contributed by atoms with Crippen molar-refractivity contribution in [2.75, 3.05) is 6.54 Å². The number of carboxylic acids is 1. The molecular formula is C18H21N3O4. The standard InChI is InChI=1S/C18H21N3O4/c22-16(20-9-3-6-15(20)17(23)24)11-7-8-14-13(10-11)19-18(25)21(14)12-4-1-2-5-12/h7-8,10,12,15H,1-6,9H2,(H,19,25)(H,23,24)/t15-/m0/s1. The van der Waals surface area contributed by atoms with Gasteiger partial charge in [-0.05, 0) is 43.9 Å². The number of likely N-dealkylation sites (tertiary alicyclic amines) is 1. The number of carbonyl (C=O) groups excluding carboxylic acids is 1. The van der Waals surface area contributed by atoms with E-state index in [9.17, 15) is 19.5 Å². The topological polar surface area (TPSA) is 95.4 Å². The van der Waals surface area contributed by atoms with Crippen LogP contribution in [0.4, 0.5) is 0 Å². The molecule has 132 valence electrons. The average Bonchev–Trinajstić information content (AvgIpc) is 3.31. The third-order valence-corrected chi connectivity index (χ3v) is 5.45. The van der Waals surface area contributed by atoms with E-state index in [-0.39, 0.29) is 17.6 Å². The highest BCUT2D eigenvalue weighted by Crippen LogP contribution is 2.31. The monoisotopic (exact) mass is 343 g/mol. The van der Waals surface area contributed by atoms with E-state index in [1.807, 2.05) is 0 Å². The zero-order valence-corrected chi connectivity index (χ0v) is 13.9. The second-order valence-corrected chi connectivity index (χ2v) is 6.97. The van der Waals surface area contributed by atoms with Gasteiger partial charge in [0.2, 0.25) is 0 Å². The minimum absolute atomic E-state index is 0.143. The number of carbonyl (C=O) groups is 2. The Bertz CT molecular complexity index is 891. The number of aromatic amines is 1. The van der Waals surface area contributed by atoms with Crippen molar-refractivity contribution in [3.63, 3.8) is 0 Å². The van der Waals surface area contributed by atoms with Crippen molar-refractivity contribution < 1.29 is 14.7 Å². The number of imidazole rings is 1. The molecule has 1 aliphatic heterocycles. The maximum Gasteiger partial charge on any atom is 0.326 e. The highest BCUT2D eigenvalue weighted by molar-refractivity contribution is 5.99. The zero-order valence-electron chi connectivity index (χ0n) is 13.9. The normalized spacial score (nSPS) is 21.3. The van der Waals surface area contributed by atoms with E-state index in [2.05, 4.69) is 4.98 Å². The van der Waals surface area contributed by atoms with Gasteiger partial charge in [0.1, 0.15) is 6.04 Å². The Hall–Kier alpha value is -2.57. The summed E-state index contributed by atoms with van der Waals surface area (Å²) in [7, 11) is 0. The molecule has 4 rings (SSSR count). The van der Waals surface area contributed by atoms with Crippen molar-refractivity contribution in [1.29, 1.82) is 0 Å². The predicted octanol–water partition coefficient (Wildman–Crippen LogP) is 2.13. The summed E-state index contributed by atoms with van der Waals surface area (Å²) in [5, 5.41) is 9.27. The van der Waals surface area contributed by atoms with Crippen LogP contribution in [0.15, 0.2) is 23.0 Å². The lowest BCUT2D eigenvalue weighted by Gasteiger charge is -2.21. The van der Waals surface area contributed by atoms with Crippen LogP contribution < -0.4 is 5.69 Å². The van der Waals surface area contributed by atoms with E-state index in [4.69, 9.17) is 0 Å². The number of fused-ring (bicyclic) bond motifs is 1. The number of aliphatic carboxylic acids is 1. The van der Waals surface area contributed by atoms with Crippen LogP contribution in [0, 0.1) is 0 Å². The second-order valence-electron chi connectivity index (χ2n) is 6.97. The number of rotatable bonds is 3. The number of H-pyrrole nitrogens is 1. The second kappa shape index (κ2) is 6.06. The smallest absolute Gasteiger partial charge is 0.326 e. The van der Waals surface area contributed by atoms with Crippen molar-refractivity contribution in [3.8, 4) is 0 Å². The van der Waals surface area contributed by atoms with Crippen LogP contribution in [-0.2, 0) is 4.79 Å². The minimum atomic E-state index is -0.965. The average molecular weight is 343 g/mol. The van der Waals surface area contributed by atoms with Crippen molar-refractivity contribution in [3.05, 3.63) is 34.2 Å². The Labute approximate surface area is 144 Å². The number of hydrogen-bond donors (Lipinski definition) is 2. The summed E-state index contributed by atoms with van der Waals surface area (Å²) in [6.45, 7) is 0.452. The Morgan fingerprint density at radius 3 is 2.60 bits per heavy atom. The maximum absolute atomic E-state index is 12.7. The maximum atomic E-state index is 12.7. The lowest BCUT2D eigenvalue weighted by molar-refractivity contribution is -0.141. The SMILES string of the molecule is O=C(O)[C@@H]1CCCN1C(=O)c1ccc2c(c1)[nH]c(=O)n2C1CCCC1. The third-order valence-electron chi connectivity index (χ3n) is 5.45. The van der Waals surface area contributed by atoms with Crippen LogP contribution in [0.5, 0.6) is 0 Å². The summed E-state index contributed by atoms with van der Waals surface area (Å²) in [4.78, 5) is 40.6. The molecule has 1 atom stereocenters. The summed E-state index contributed by atoms with van der Waals surface area (Å²) >= 11 is 0. The first-order valence-corrected chi connectivity index (χ1v) is 8.84. The van der Waals surface area contributed by atoms with Gasteiger partial charge in [-0.2, -0.15) is 0 Å². The third kappa shape index (κ3) is 2.63. The van der Waals surface area contributed by atoms with Crippen molar-refractivity contribution >= 4 is 22.9 Å². The first kappa shape index (κ1) is 15.9. The summed E-state index contributed by atoms with van der Waals surface area (Å²) in [6, 6.07) is 4.62. The molecule has 7 heteroatoms. The van der Waals surface area contributed by atoms with Crippen molar-refractivity contribution in [1.82, 2.24) is 14.5 Å². The van der Waals surface area contributed by atoms with Gasteiger partial charge in [0.05, 0.1) is 11.0 Å². The summed E-state index contributed by atoms with van der Waals surface area (Å²) < 4.78 is 1.80. The highest BCUT2D eigenvalue weighted by atomic mass is 16.4. The van der Waals surface area contributed by atoms with Crippen LogP contribution in [0.3, 0.4) is 0 Å². The number of benzene rings is 1. The van der Waals surface area contributed by atoms with Crippen LogP contribution >= 0.6 is 0 Å². The number of amides is 1. The van der Waals surface area contributed by atoms with Gasteiger partial charge >= 0.3 is 11.7 Å². The fourth-order valence-corrected chi connectivity index (χ4v) is 4.22. The Balaban J connectivity index is 1.69. The van der Waals surface area contributed by atoms with Gasteiger partial charge in [-0.1, -0.05) is 12.8 Å². The van der Waals surface area contributed by atoms with Crippen LogP contribution in [0.1, 0.15) is 54.9 Å². The molecule has 1 saturated carbocycles. The molecule has 0 radical (unpaired) electrons. The lowest BCUT2D eigenvalue weighted by atomic mass is 10.1.